The van der Waals surface area contributed by atoms with Gasteiger partial charge in [-0.1, -0.05) is 351 Å². The minimum atomic E-state index is 0.727. The highest BCUT2D eigenvalue weighted by atomic mass is 35.5. The number of hydrogen-bond donors (Lipinski definition) is 0. The van der Waals surface area contributed by atoms with Crippen molar-refractivity contribution in [2.45, 2.75) is 6.42 Å². The van der Waals surface area contributed by atoms with Crippen molar-refractivity contribution in [3.8, 4) is 66.8 Å². The van der Waals surface area contributed by atoms with Crippen molar-refractivity contribution in [3.63, 3.8) is 0 Å². The van der Waals surface area contributed by atoms with Gasteiger partial charge in [0.05, 0.1) is 16.1 Å². The minimum Gasteiger partial charge on any atom is -0.456 e. The third-order valence-electron chi connectivity index (χ3n) is 20.4. The largest absolute Gasteiger partial charge is 0.456 e. The zero-order valence-electron chi connectivity index (χ0n) is 57.5. The third-order valence-corrected chi connectivity index (χ3v) is 20.7. The van der Waals surface area contributed by atoms with Crippen LogP contribution in [0.5, 0.6) is 0 Å². The van der Waals surface area contributed by atoms with E-state index in [1.165, 1.54) is 104 Å². The molecule has 0 spiro atoms. The lowest BCUT2D eigenvalue weighted by Crippen LogP contribution is -2.10. The van der Waals surface area contributed by atoms with Crippen LogP contribution in [0, 0.1) is 0 Å². The van der Waals surface area contributed by atoms with Gasteiger partial charge in [-0.05, 0) is 188 Å². The fourth-order valence-corrected chi connectivity index (χ4v) is 15.6. The maximum Gasteiger partial charge on any atom is 0.137 e. The van der Waals surface area contributed by atoms with E-state index in [-0.39, 0.29) is 0 Å². The molecule has 0 bridgehead atoms. The Kier molecular flexibility index (Phi) is 17.2. The van der Waals surface area contributed by atoms with Crippen LogP contribution in [-0.4, -0.2) is 0 Å². The molecule has 105 heavy (non-hydrogen) atoms. The number of halogens is 1. The predicted octanol–water partition coefficient (Wildman–Crippen LogP) is 29.2. The van der Waals surface area contributed by atoms with E-state index < -0.39 is 0 Å². The first-order valence-electron chi connectivity index (χ1n) is 35.8. The van der Waals surface area contributed by atoms with Crippen LogP contribution < -0.4 is 4.90 Å². The summed E-state index contributed by atoms with van der Waals surface area (Å²) in [5, 5.41) is 15.2. The van der Waals surface area contributed by atoms with E-state index in [4.69, 9.17) is 20.4 Å². The standard InChI is InChI=1S/C50H33NO.C33H24.C18H11ClO/c1-2-12-36(13-3-1)45-22-10-24-47-49(45)50-46(23-11-25-48(50)52-47)51(39-30-26-37(27-31-39)43-20-8-16-34-14-4-6-18-41(34)43)40-32-28-38(29-33-40)44-21-9-17-35-15-5-7-19-42(35)44;1-3-11-30-26(7-1)9-5-13-32(30)28-19-15-24(16-20-28)23-25-17-21-29(22-18-25)33-14-6-10-27-8-2-4-12-31(27)33;19-14-9-5-11-16-18(14)17-13(8-4-10-15(17)20-16)12-6-2-1-3-7-12/h1-33H;1-22H,23H2;1-11H. The van der Waals surface area contributed by atoms with Crippen LogP contribution >= 0.6 is 11.6 Å². The summed E-state index contributed by atoms with van der Waals surface area (Å²) in [7, 11) is 0. The Morgan fingerprint density at radius 3 is 0.876 bits per heavy atom. The van der Waals surface area contributed by atoms with E-state index in [2.05, 4.69) is 357 Å². The van der Waals surface area contributed by atoms with Crippen molar-refractivity contribution in [3.05, 3.63) is 417 Å². The Labute approximate surface area is 615 Å². The van der Waals surface area contributed by atoms with Gasteiger partial charge in [0.2, 0.25) is 0 Å². The molecular formula is C101H68ClNO2. The molecule has 0 aliphatic heterocycles. The average molecular weight is 1360 g/mol. The van der Waals surface area contributed by atoms with Crippen molar-refractivity contribution < 1.29 is 8.83 Å². The number of furan rings is 2. The fourth-order valence-electron chi connectivity index (χ4n) is 15.3. The van der Waals surface area contributed by atoms with Crippen molar-refractivity contribution >= 4 is 116 Å². The molecular weight excluding hydrogens is 1290 g/mol. The second-order valence-corrected chi connectivity index (χ2v) is 27.1. The molecule has 4 heteroatoms. The van der Waals surface area contributed by atoms with Crippen LogP contribution in [-0.2, 0) is 6.42 Å². The molecule has 0 fully saturated rings. The number of anilines is 3. The van der Waals surface area contributed by atoms with Gasteiger partial charge in [0, 0.05) is 27.5 Å². The van der Waals surface area contributed by atoms with Gasteiger partial charge in [0.1, 0.15) is 22.3 Å². The summed E-state index contributed by atoms with van der Waals surface area (Å²) < 4.78 is 12.5. The number of nitrogens with zero attached hydrogens (tertiary/aromatic N) is 1. The van der Waals surface area contributed by atoms with Gasteiger partial charge >= 0.3 is 0 Å². The molecule has 2 aromatic heterocycles. The van der Waals surface area contributed by atoms with E-state index in [1.54, 1.807) is 0 Å². The maximum atomic E-state index is 6.59. The Morgan fingerprint density at radius 2 is 0.486 bits per heavy atom. The Hall–Kier alpha value is -13.3. The molecule has 496 valence electrons. The Morgan fingerprint density at radius 1 is 0.210 bits per heavy atom. The van der Waals surface area contributed by atoms with Crippen LogP contribution in [0.25, 0.3) is 154 Å². The van der Waals surface area contributed by atoms with E-state index in [9.17, 15) is 0 Å². The van der Waals surface area contributed by atoms with Gasteiger partial charge in [-0.3, -0.25) is 0 Å². The lowest BCUT2D eigenvalue weighted by molar-refractivity contribution is 0.668. The van der Waals surface area contributed by atoms with Crippen molar-refractivity contribution in [2.75, 3.05) is 4.90 Å². The highest BCUT2D eigenvalue weighted by Crippen LogP contribution is 2.47. The first-order valence-corrected chi connectivity index (χ1v) is 36.1. The highest BCUT2D eigenvalue weighted by molar-refractivity contribution is 6.38. The van der Waals surface area contributed by atoms with E-state index in [1.807, 2.05) is 48.5 Å². The normalized spacial score (nSPS) is 11.3. The van der Waals surface area contributed by atoms with E-state index in [0.29, 0.717) is 0 Å². The lowest BCUT2D eigenvalue weighted by Gasteiger charge is -2.27. The first-order chi connectivity index (χ1) is 52.0. The molecule has 0 aliphatic rings. The summed E-state index contributed by atoms with van der Waals surface area (Å²) in [6.07, 6.45) is 0.936. The molecule has 0 radical (unpaired) electrons. The maximum absolute atomic E-state index is 6.59. The van der Waals surface area contributed by atoms with Gasteiger partial charge < -0.3 is 13.7 Å². The molecule has 0 amide bonds. The molecule has 0 atom stereocenters. The summed E-state index contributed by atoms with van der Waals surface area (Å²) in [6.45, 7) is 0. The SMILES string of the molecule is Clc1cccc2oc3cccc(-c4ccccc4)c3c12.c1ccc(-c2cccc3oc4cccc(N(c5ccc(-c6cccc7ccccc67)cc5)c5ccc(-c6cccc7ccccc67)cc5)c4c23)cc1.c1ccc2c(-c3ccc(Cc4ccc(-c5cccc6ccccc56)cc4)cc3)cccc2c1. The smallest absolute Gasteiger partial charge is 0.137 e. The van der Waals surface area contributed by atoms with Crippen LogP contribution in [0.4, 0.5) is 17.1 Å². The van der Waals surface area contributed by atoms with Gasteiger partial charge in [-0.25, -0.2) is 0 Å². The molecule has 0 unspecified atom stereocenters. The van der Waals surface area contributed by atoms with E-state index in [0.717, 1.165) is 89.1 Å². The number of rotatable bonds is 11. The van der Waals surface area contributed by atoms with Crippen LogP contribution in [0.2, 0.25) is 5.02 Å². The van der Waals surface area contributed by atoms with Crippen LogP contribution in [0.15, 0.2) is 409 Å². The summed E-state index contributed by atoms with van der Waals surface area (Å²) in [5.74, 6) is 0. The second kappa shape index (κ2) is 28.3. The molecule has 3 nitrogen and oxygen atoms in total. The van der Waals surface area contributed by atoms with Gasteiger partial charge in [0.15, 0.2) is 0 Å². The Balaban J connectivity index is 0.000000125. The first kappa shape index (κ1) is 63.8. The number of fused-ring (bicyclic) bond motifs is 10. The lowest BCUT2D eigenvalue weighted by atomic mass is 9.95. The van der Waals surface area contributed by atoms with Crippen molar-refractivity contribution in [1.82, 2.24) is 0 Å². The van der Waals surface area contributed by atoms with Gasteiger partial charge in [0.25, 0.3) is 0 Å². The monoisotopic (exact) mass is 1360 g/mol. The molecule has 0 saturated carbocycles. The quantitative estimate of drug-likeness (QED) is 0.129. The molecule has 18 aromatic carbocycles. The molecule has 0 saturated heterocycles. The zero-order chi connectivity index (χ0) is 70.0. The fraction of sp³-hybridized carbons (Fsp3) is 0.00990. The third kappa shape index (κ3) is 12.5. The summed E-state index contributed by atoms with van der Waals surface area (Å²) in [6, 6.07) is 142. The topological polar surface area (TPSA) is 29.5 Å². The highest BCUT2D eigenvalue weighted by Gasteiger charge is 2.23. The summed E-state index contributed by atoms with van der Waals surface area (Å²) in [5.41, 5.74) is 23.9. The molecule has 2 heterocycles. The van der Waals surface area contributed by atoms with Crippen LogP contribution in [0.3, 0.4) is 0 Å². The predicted molar refractivity (Wildman–Crippen MR) is 445 cm³/mol. The number of benzene rings is 18. The summed E-state index contributed by atoms with van der Waals surface area (Å²) >= 11 is 6.38. The molecule has 0 aliphatic carbocycles. The van der Waals surface area contributed by atoms with Gasteiger partial charge in [-0.2, -0.15) is 0 Å². The van der Waals surface area contributed by atoms with Crippen molar-refractivity contribution in [2.24, 2.45) is 0 Å². The molecule has 20 rings (SSSR count). The van der Waals surface area contributed by atoms with E-state index >= 15 is 0 Å². The Bertz CT molecular complexity index is 6270. The van der Waals surface area contributed by atoms with Crippen LogP contribution in [0.1, 0.15) is 11.1 Å². The minimum absolute atomic E-state index is 0.727. The number of hydrogen-bond acceptors (Lipinski definition) is 3. The van der Waals surface area contributed by atoms with Crippen molar-refractivity contribution in [1.29, 1.82) is 0 Å². The average Bonchev–Trinajstić information content (AvgIpc) is 1.62. The molecule has 20 aromatic rings. The molecule has 0 N–H and O–H groups in total. The second-order valence-electron chi connectivity index (χ2n) is 26.7. The summed E-state index contributed by atoms with van der Waals surface area (Å²) in [4.78, 5) is 2.37. The zero-order valence-corrected chi connectivity index (χ0v) is 58.2. The van der Waals surface area contributed by atoms with Gasteiger partial charge in [-0.15, -0.1) is 0 Å².